The molecule has 0 radical (unpaired) electrons. The number of benzene rings is 1. The molecule has 1 aliphatic heterocycles. The van der Waals surface area contributed by atoms with E-state index in [0.717, 1.165) is 12.0 Å². The highest BCUT2D eigenvalue weighted by atomic mass is 35.5. The number of carbonyl (C=O) groups excluding carboxylic acids is 2. The maximum Gasteiger partial charge on any atom is 0.417 e. The number of fused-ring (bicyclic) bond motifs is 1. The largest absolute Gasteiger partial charge is 0.475 e. The summed E-state index contributed by atoms with van der Waals surface area (Å²) in [5, 5.41) is -0.664. The fourth-order valence-corrected chi connectivity index (χ4v) is 3.05. The Hall–Kier alpha value is -3.01. The van der Waals surface area contributed by atoms with Crippen LogP contribution < -0.4 is 15.2 Å². The average molecular weight is 431 g/mol. The molecule has 2 heterocycles. The molecule has 11 heteroatoms. The monoisotopic (exact) mass is 430 g/mol. The highest BCUT2D eigenvalue weighted by molar-refractivity contribution is 6.30. The molecule has 0 saturated carbocycles. The summed E-state index contributed by atoms with van der Waals surface area (Å²) >= 11 is 5.62. The molecule has 0 N–H and O–H groups in total. The summed E-state index contributed by atoms with van der Waals surface area (Å²) in [5.41, 5.74) is -1.80. The SMILES string of the molecule is COC(=O)C1CN(C(=O)Cn2cc(C(F)(F)F)cc(Cl)c2=O)c2ccccc2O1. The third kappa shape index (κ3) is 4.21. The van der Waals surface area contributed by atoms with Crippen molar-refractivity contribution in [3.05, 3.63) is 57.5 Å². The Kier molecular flexibility index (Phi) is 5.56. The number of rotatable bonds is 3. The molecule has 0 fully saturated rings. The zero-order chi connectivity index (χ0) is 21.3. The van der Waals surface area contributed by atoms with Gasteiger partial charge in [0, 0.05) is 6.20 Å². The van der Waals surface area contributed by atoms with Crippen LogP contribution in [0.5, 0.6) is 5.75 Å². The van der Waals surface area contributed by atoms with Crippen molar-refractivity contribution < 1.29 is 32.2 Å². The number of carbonyl (C=O) groups is 2. The van der Waals surface area contributed by atoms with Crippen molar-refractivity contribution in [1.82, 2.24) is 4.57 Å². The Morgan fingerprint density at radius 1 is 1.31 bits per heavy atom. The summed E-state index contributed by atoms with van der Waals surface area (Å²) < 4.78 is 49.8. The highest BCUT2D eigenvalue weighted by Crippen LogP contribution is 2.34. The molecule has 2 aromatic rings. The van der Waals surface area contributed by atoms with Crippen LogP contribution in [-0.2, 0) is 27.0 Å². The maximum atomic E-state index is 13.0. The van der Waals surface area contributed by atoms with Crippen LogP contribution in [0.1, 0.15) is 5.56 Å². The molecule has 3 rings (SSSR count). The standard InChI is InChI=1S/C18H14ClF3N2O5/c1-28-17(27)14-8-24(12-4-2-3-5-13(12)29-14)15(25)9-23-7-10(18(20,21)22)6-11(19)16(23)26/h2-7,14H,8-9H2,1H3. The van der Waals surface area contributed by atoms with Crippen LogP contribution in [0.25, 0.3) is 0 Å². The number of ether oxygens (including phenoxy) is 2. The number of para-hydroxylation sites is 2. The lowest BCUT2D eigenvalue weighted by Gasteiger charge is -2.33. The molecule has 1 aromatic carbocycles. The average Bonchev–Trinajstić information content (AvgIpc) is 2.68. The van der Waals surface area contributed by atoms with Gasteiger partial charge < -0.3 is 18.9 Å². The summed E-state index contributed by atoms with van der Waals surface area (Å²) in [5.74, 6) is -1.24. The molecule has 1 aliphatic rings. The van der Waals surface area contributed by atoms with Crippen molar-refractivity contribution in [2.75, 3.05) is 18.6 Å². The number of anilines is 1. The van der Waals surface area contributed by atoms with Crippen LogP contribution in [0.2, 0.25) is 5.02 Å². The second-order valence-electron chi connectivity index (χ2n) is 6.11. The number of alkyl halides is 3. The highest BCUT2D eigenvalue weighted by Gasteiger charge is 2.35. The second-order valence-corrected chi connectivity index (χ2v) is 6.52. The first-order chi connectivity index (χ1) is 13.6. The fraction of sp³-hybridized carbons (Fsp3) is 0.278. The lowest BCUT2D eigenvalue weighted by Crippen LogP contribution is -2.49. The minimum atomic E-state index is -4.75. The first-order valence-corrected chi connectivity index (χ1v) is 8.60. The van der Waals surface area contributed by atoms with Crippen molar-refractivity contribution >= 4 is 29.2 Å². The van der Waals surface area contributed by atoms with Crippen molar-refractivity contribution in [1.29, 1.82) is 0 Å². The van der Waals surface area contributed by atoms with Crippen molar-refractivity contribution in [2.45, 2.75) is 18.8 Å². The van der Waals surface area contributed by atoms with E-state index in [9.17, 15) is 27.6 Å². The van der Waals surface area contributed by atoms with Gasteiger partial charge in [-0.2, -0.15) is 13.2 Å². The van der Waals surface area contributed by atoms with E-state index >= 15 is 0 Å². The second kappa shape index (κ2) is 7.78. The first kappa shape index (κ1) is 20.7. The number of halogens is 4. The lowest BCUT2D eigenvalue weighted by molar-refractivity contribution is -0.148. The lowest BCUT2D eigenvalue weighted by atomic mass is 10.2. The molecule has 0 saturated heterocycles. The molecule has 7 nitrogen and oxygen atoms in total. The summed E-state index contributed by atoms with van der Waals surface area (Å²) in [6.07, 6.45) is -5.35. The van der Waals surface area contributed by atoms with Crippen LogP contribution in [0.15, 0.2) is 41.3 Å². The molecule has 1 amide bonds. The van der Waals surface area contributed by atoms with E-state index in [-0.39, 0.29) is 12.3 Å². The fourth-order valence-electron chi connectivity index (χ4n) is 2.83. The van der Waals surface area contributed by atoms with Gasteiger partial charge in [-0.05, 0) is 18.2 Å². The van der Waals surface area contributed by atoms with Crippen molar-refractivity contribution in [3.63, 3.8) is 0 Å². The molecule has 0 bridgehead atoms. The molecule has 1 unspecified atom stereocenters. The Morgan fingerprint density at radius 3 is 2.66 bits per heavy atom. The van der Waals surface area contributed by atoms with E-state index < -0.39 is 46.8 Å². The van der Waals surface area contributed by atoms with Gasteiger partial charge in [0.1, 0.15) is 17.3 Å². The summed E-state index contributed by atoms with van der Waals surface area (Å²) in [6.45, 7) is -0.950. The molecule has 1 atom stereocenters. The smallest absolute Gasteiger partial charge is 0.417 e. The van der Waals surface area contributed by atoms with E-state index in [4.69, 9.17) is 16.3 Å². The van der Waals surface area contributed by atoms with Crippen molar-refractivity contribution in [3.8, 4) is 5.75 Å². The first-order valence-electron chi connectivity index (χ1n) is 8.23. The van der Waals surface area contributed by atoms with Crippen LogP contribution in [0, 0.1) is 0 Å². The minimum Gasteiger partial charge on any atom is -0.475 e. The quantitative estimate of drug-likeness (QED) is 0.699. The van der Waals surface area contributed by atoms with E-state index in [1.54, 1.807) is 18.2 Å². The maximum absolute atomic E-state index is 13.0. The zero-order valence-corrected chi connectivity index (χ0v) is 15.7. The van der Waals surface area contributed by atoms with E-state index in [1.165, 1.54) is 6.07 Å². The predicted octanol–water partition coefficient (Wildman–Crippen LogP) is 2.49. The van der Waals surface area contributed by atoms with E-state index in [2.05, 4.69) is 4.74 Å². The van der Waals surface area contributed by atoms with Gasteiger partial charge in [-0.3, -0.25) is 9.59 Å². The van der Waals surface area contributed by atoms with E-state index in [1.807, 2.05) is 0 Å². The van der Waals surface area contributed by atoms with Gasteiger partial charge >= 0.3 is 12.1 Å². The van der Waals surface area contributed by atoms with E-state index in [0.29, 0.717) is 22.5 Å². The van der Waals surface area contributed by atoms with Gasteiger partial charge in [0.25, 0.3) is 5.56 Å². The predicted molar refractivity (Wildman–Crippen MR) is 95.9 cm³/mol. The Bertz CT molecular complexity index is 1020. The molecule has 0 aliphatic carbocycles. The number of nitrogens with zero attached hydrogens (tertiary/aromatic N) is 2. The number of methoxy groups -OCH3 is 1. The number of pyridine rings is 1. The third-order valence-electron chi connectivity index (χ3n) is 4.21. The number of amides is 1. The molecular formula is C18H14ClF3N2O5. The molecular weight excluding hydrogens is 417 g/mol. The molecule has 29 heavy (non-hydrogen) atoms. The number of hydrogen-bond donors (Lipinski definition) is 0. The summed E-state index contributed by atoms with van der Waals surface area (Å²) in [6, 6.07) is 6.81. The Morgan fingerprint density at radius 2 is 2.00 bits per heavy atom. The summed E-state index contributed by atoms with van der Waals surface area (Å²) in [4.78, 5) is 38.0. The van der Waals surface area contributed by atoms with Gasteiger partial charge in [-0.15, -0.1) is 0 Å². The van der Waals surface area contributed by atoms with Gasteiger partial charge in [-0.1, -0.05) is 23.7 Å². The molecule has 0 spiro atoms. The topological polar surface area (TPSA) is 77.8 Å². The Labute approximate surface area is 167 Å². The normalized spacial score (nSPS) is 16.0. The van der Waals surface area contributed by atoms with Crippen molar-refractivity contribution in [2.24, 2.45) is 0 Å². The summed E-state index contributed by atoms with van der Waals surface area (Å²) in [7, 11) is 1.16. The van der Waals surface area contributed by atoms with Gasteiger partial charge in [0.05, 0.1) is 24.9 Å². The Balaban J connectivity index is 1.95. The third-order valence-corrected chi connectivity index (χ3v) is 4.48. The van der Waals surface area contributed by atoms with Gasteiger partial charge in [0.2, 0.25) is 12.0 Å². The number of hydrogen-bond acceptors (Lipinski definition) is 5. The van der Waals surface area contributed by atoms with Gasteiger partial charge in [-0.25, -0.2) is 4.79 Å². The molecule has 154 valence electrons. The molecule has 1 aromatic heterocycles. The minimum absolute atomic E-state index is 0.219. The van der Waals surface area contributed by atoms with Crippen LogP contribution in [-0.4, -0.2) is 36.2 Å². The number of esters is 1. The zero-order valence-electron chi connectivity index (χ0n) is 14.9. The van der Waals surface area contributed by atoms with Crippen LogP contribution in [0.4, 0.5) is 18.9 Å². The van der Waals surface area contributed by atoms with Gasteiger partial charge in [0.15, 0.2) is 0 Å². The number of aromatic nitrogens is 1. The van der Waals surface area contributed by atoms with Crippen LogP contribution >= 0.6 is 11.6 Å². The van der Waals surface area contributed by atoms with Crippen LogP contribution in [0.3, 0.4) is 0 Å².